The molecule has 0 aliphatic rings. The maximum atomic E-state index is 5.84. The molecule has 0 aliphatic heterocycles. The van der Waals surface area contributed by atoms with Crippen LogP contribution < -0.4 is 11.1 Å². The van der Waals surface area contributed by atoms with Crippen molar-refractivity contribution in [2.45, 2.75) is 13.5 Å². The van der Waals surface area contributed by atoms with Crippen LogP contribution in [0.1, 0.15) is 10.4 Å². The van der Waals surface area contributed by atoms with E-state index in [2.05, 4.69) is 23.7 Å². The Morgan fingerprint density at radius 2 is 2.07 bits per heavy atom. The minimum Gasteiger partial charge on any atom is -0.397 e. The molecular formula is C12H14N2S. The molecule has 0 spiro atoms. The maximum Gasteiger partial charge on any atom is 0.0576 e. The summed E-state index contributed by atoms with van der Waals surface area (Å²) in [6.07, 6.45) is 0. The quantitative estimate of drug-likeness (QED) is 0.776. The molecule has 2 aromatic rings. The first-order valence-electron chi connectivity index (χ1n) is 4.88. The van der Waals surface area contributed by atoms with E-state index in [0.29, 0.717) is 0 Å². The molecule has 0 aliphatic carbocycles. The average Bonchev–Trinajstić information content (AvgIpc) is 2.63. The van der Waals surface area contributed by atoms with Crippen LogP contribution in [0.2, 0.25) is 0 Å². The first-order valence-corrected chi connectivity index (χ1v) is 5.76. The van der Waals surface area contributed by atoms with Crippen LogP contribution in [0.3, 0.4) is 0 Å². The Morgan fingerprint density at radius 1 is 1.27 bits per heavy atom. The molecule has 15 heavy (non-hydrogen) atoms. The van der Waals surface area contributed by atoms with Gasteiger partial charge in [0.1, 0.15) is 0 Å². The predicted molar refractivity (Wildman–Crippen MR) is 67.2 cm³/mol. The lowest BCUT2D eigenvalue weighted by Crippen LogP contribution is -2.01. The van der Waals surface area contributed by atoms with E-state index in [1.165, 1.54) is 10.4 Å². The fourth-order valence-corrected chi connectivity index (χ4v) is 2.26. The van der Waals surface area contributed by atoms with Crippen molar-refractivity contribution in [2.24, 2.45) is 0 Å². The molecule has 1 heterocycles. The molecule has 1 aromatic heterocycles. The molecule has 0 saturated carbocycles. The zero-order valence-electron chi connectivity index (χ0n) is 8.66. The highest BCUT2D eigenvalue weighted by molar-refractivity contribution is 7.10. The molecule has 0 fully saturated rings. The van der Waals surface area contributed by atoms with E-state index < -0.39 is 0 Å². The summed E-state index contributed by atoms with van der Waals surface area (Å²) in [5.41, 5.74) is 8.98. The number of aryl methyl sites for hydroxylation is 1. The van der Waals surface area contributed by atoms with E-state index in [-0.39, 0.29) is 0 Å². The van der Waals surface area contributed by atoms with Crippen molar-refractivity contribution in [2.75, 3.05) is 11.1 Å². The summed E-state index contributed by atoms with van der Waals surface area (Å²) in [7, 11) is 0. The van der Waals surface area contributed by atoms with Crippen LogP contribution in [-0.2, 0) is 6.54 Å². The Hall–Kier alpha value is -1.48. The summed E-state index contributed by atoms with van der Waals surface area (Å²) in [5, 5.41) is 5.45. The van der Waals surface area contributed by atoms with Crippen LogP contribution in [0.15, 0.2) is 35.7 Å². The zero-order chi connectivity index (χ0) is 10.7. The van der Waals surface area contributed by atoms with E-state index in [1.54, 1.807) is 11.3 Å². The summed E-state index contributed by atoms with van der Waals surface area (Å²) in [6.45, 7) is 2.97. The second kappa shape index (κ2) is 4.36. The molecule has 3 N–H and O–H groups in total. The molecule has 0 unspecified atom stereocenters. The van der Waals surface area contributed by atoms with Gasteiger partial charge in [0.05, 0.1) is 11.4 Å². The molecule has 0 bridgehead atoms. The second-order valence-electron chi connectivity index (χ2n) is 3.47. The number of nitrogen functional groups attached to an aromatic ring is 1. The molecule has 2 nitrogen and oxygen atoms in total. The molecule has 0 amide bonds. The van der Waals surface area contributed by atoms with Crippen molar-refractivity contribution in [1.29, 1.82) is 0 Å². The molecule has 1 aromatic carbocycles. The van der Waals surface area contributed by atoms with Crippen LogP contribution >= 0.6 is 11.3 Å². The number of para-hydroxylation sites is 2. The number of rotatable bonds is 3. The lowest BCUT2D eigenvalue weighted by molar-refractivity contribution is 1.17. The van der Waals surface area contributed by atoms with E-state index >= 15 is 0 Å². The summed E-state index contributed by atoms with van der Waals surface area (Å²) in [6, 6.07) is 9.97. The smallest absolute Gasteiger partial charge is 0.0576 e. The maximum absolute atomic E-state index is 5.84. The van der Waals surface area contributed by atoms with Crippen molar-refractivity contribution in [3.8, 4) is 0 Å². The number of hydrogen-bond acceptors (Lipinski definition) is 3. The number of benzene rings is 1. The highest BCUT2D eigenvalue weighted by Gasteiger charge is 2.00. The van der Waals surface area contributed by atoms with Gasteiger partial charge in [0.25, 0.3) is 0 Å². The summed E-state index contributed by atoms with van der Waals surface area (Å²) in [4.78, 5) is 1.36. The van der Waals surface area contributed by atoms with Crippen LogP contribution in [0.4, 0.5) is 11.4 Å². The van der Waals surface area contributed by atoms with Gasteiger partial charge in [-0.05, 0) is 36.1 Å². The van der Waals surface area contributed by atoms with Crippen molar-refractivity contribution < 1.29 is 0 Å². The third kappa shape index (κ3) is 2.30. The Balaban J connectivity index is 2.06. The van der Waals surface area contributed by atoms with Gasteiger partial charge in [0, 0.05) is 11.4 Å². The lowest BCUT2D eigenvalue weighted by Gasteiger charge is -2.08. The largest absolute Gasteiger partial charge is 0.397 e. The zero-order valence-corrected chi connectivity index (χ0v) is 9.47. The molecule has 0 radical (unpaired) electrons. The predicted octanol–water partition coefficient (Wildman–Crippen LogP) is 3.25. The van der Waals surface area contributed by atoms with Crippen LogP contribution in [-0.4, -0.2) is 0 Å². The summed E-state index contributed by atoms with van der Waals surface area (Å²) in [5.74, 6) is 0. The van der Waals surface area contributed by atoms with Crippen LogP contribution in [0.25, 0.3) is 0 Å². The molecule has 3 heteroatoms. The minimum absolute atomic E-state index is 0.798. The van der Waals surface area contributed by atoms with Crippen LogP contribution in [0, 0.1) is 6.92 Å². The first kappa shape index (κ1) is 10.1. The van der Waals surface area contributed by atoms with Gasteiger partial charge in [-0.15, -0.1) is 11.3 Å². The van der Waals surface area contributed by atoms with Gasteiger partial charge >= 0.3 is 0 Å². The number of anilines is 2. The number of hydrogen-bond donors (Lipinski definition) is 2. The fourth-order valence-electron chi connectivity index (χ4n) is 1.42. The highest BCUT2D eigenvalue weighted by atomic mass is 32.1. The van der Waals surface area contributed by atoms with Gasteiger partial charge in [-0.1, -0.05) is 12.1 Å². The summed E-state index contributed by atoms with van der Waals surface area (Å²) >= 11 is 1.77. The molecule has 0 saturated heterocycles. The number of nitrogens with one attached hydrogen (secondary N) is 1. The van der Waals surface area contributed by atoms with E-state index in [9.17, 15) is 0 Å². The molecule has 0 atom stereocenters. The monoisotopic (exact) mass is 218 g/mol. The normalized spacial score (nSPS) is 10.2. The SMILES string of the molecule is Cc1ccsc1CNc1ccccc1N. The number of thiophene rings is 1. The van der Waals surface area contributed by atoms with Gasteiger partial charge in [-0.3, -0.25) is 0 Å². The lowest BCUT2D eigenvalue weighted by atomic mass is 10.2. The Kier molecular flexibility index (Phi) is 2.92. The third-order valence-corrected chi connectivity index (χ3v) is 3.39. The van der Waals surface area contributed by atoms with Crippen molar-refractivity contribution >= 4 is 22.7 Å². The number of nitrogens with two attached hydrogens (primary N) is 1. The standard InChI is InChI=1S/C12H14N2S/c1-9-6-7-15-12(9)8-14-11-5-3-2-4-10(11)13/h2-7,14H,8,13H2,1H3. The van der Waals surface area contributed by atoms with Gasteiger partial charge in [-0.2, -0.15) is 0 Å². The van der Waals surface area contributed by atoms with Crippen LogP contribution in [0.5, 0.6) is 0 Å². The van der Waals surface area contributed by atoms with Gasteiger partial charge < -0.3 is 11.1 Å². The highest BCUT2D eigenvalue weighted by Crippen LogP contribution is 2.21. The second-order valence-corrected chi connectivity index (χ2v) is 4.47. The first-order chi connectivity index (χ1) is 7.27. The fraction of sp³-hybridized carbons (Fsp3) is 0.167. The van der Waals surface area contributed by atoms with Crippen molar-refractivity contribution in [3.63, 3.8) is 0 Å². The molecular weight excluding hydrogens is 204 g/mol. The van der Waals surface area contributed by atoms with Crippen molar-refractivity contribution in [3.05, 3.63) is 46.2 Å². The van der Waals surface area contributed by atoms with E-state index in [4.69, 9.17) is 5.73 Å². The topological polar surface area (TPSA) is 38.0 Å². The molecule has 78 valence electrons. The van der Waals surface area contributed by atoms with Gasteiger partial charge in [-0.25, -0.2) is 0 Å². The van der Waals surface area contributed by atoms with Gasteiger partial charge in [0.2, 0.25) is 0 Å². The van der Waals surface area contributed by atoms with E-state index in [1.807, 2.05) is 24.3 Å². The average molecular weight is 218 g/mol. The minimum atomic E-state index is 0.798. The Bertz CT molecular complexity index is 448. The van der Waals surface area contributed by atoms with Gasteiger partial charge in [0.15, 0.2) is 0 Å². The Morgan fingerprint density at radius 3 is 2.73 bits per heavy atom. The van der Waals surface area contributed by atoms with Crippen molar-refractivity contribution in [1.82, 2.24) is 0 Å². The van der Waals surface area contributed by atoms with E-state index in [0.717, 1.165) is 17.9 Å². The Labute approximate surface area is 93.7 Å². The third-order valence-electron chi connectivity index (χ3n) is 2.37. The summed E-state index contributed by atoms with van der Waals surface area (Å²) < 4.78 is 0. The molecule has 2 rings (SSSR count).